The van der Waals surface area contributed by atoms with Gasteiger partial charge >= 0.3 is 5.97 Å². The molecule has 0 bridgehead atoms. The van der Waals surface area contributed by atoms with Crippen LogP contribution in [0.3, 0.4) is 0 Å². The number of nitrogens with one attached hydrogen (secondary N) is 2. The largest absolute Gasteiger partial charge is 0.423 e. The average molecular weight is 946 g/mol. The zero-order valence-electron chi connectivity index (χ0n) is 37.7. The first-order valence-electron chi connectivity index (χ1n) is 23.0. The molecule has 350 valence electrons. The molecule has 0 unspecified atom stereocenters. The Labute approximate surface area is 396 Å². The van der Waals surface area contributed by atoms with Gasteiger partial charge in [-0.15, -0.1) is 0 Å². The van der Waals surface area contributed by atoms with E-state index in [0.29, 0.717) is 64.1 Å². The molecule has 20 heteroatoms. The van der Waals surface area contributed by atoms with Crippen LogP contribution in [0.5, 0.6) is 5.75 Å². The van der Waals surface area contributed by atoms with Gasteiger partial charge in [0, 0.05) is 31.5 Å². The Bertz CT molecular complexity index is 3280. The van der Waals surface area contributed by atoms with E-state index in [1.54, 1.807) is 77.1 Å². The van der Waals surface area contributed by atoms with Gasteiger partial charge in [-0.25, -0.2) is 37.7 Å². The van der Waals surface area contributed by atoms with Gasteiger partial charge in [0.25, 0.3) is 11.8 Å². The van der Waals surface area contributed by atoms with Gasteiger partial charge in [0.1, 0.15) is 28.5 Å². The average Bonchev–Trinajstić information content (AvgIpc) is 4.20. The first kappa shape index (κ1) is 42.5. The van der Waals surface area contributed by atoms with Crippen molar-refractivity contribution >= 4 is 74.4 Å². The molecule has 12 rings (SSSR count). The van der Waals surface area contributed by atoms with Gasteiger partial charge in [0.2, 0.25) is 21.9 Å². The normalized spacial score (nSPS) is 21.0. The molecular formula is C49H47N13O6S. The number of rotatable bonds is 11. The van der Waals surface area contributed by atoms with Crippen molar-refractivity contribution in [3.8, 4) is 5.75 Å². The first-order chi connectivity index (χ1) is 33.4. The molecule has 2 aliphatic carbocycles. The molecule has 6 heterocycles. The number of hydrogen-bond acceptors (Lipinski definition) is 14. The Hall–Kier alpha value is -7.84. The van der Waals surface area contributed by atoms with E-state index in [4.69, 9.17) is 30.1 Å². The maximum absolute atomic E-state index is 14.2. The summed E-state index contributed by atoms with van der Waals surface area (Å²) in [4.78, 5) is 59.2. The number of ether oxygens (including phenoxy) is 1. The van der Waals surface area contributed by atoms with E-state index in [1.807, 2.05) is 47.1 Å². The van der Waals surface area contributed by atoms with Crippen LogP contribution >= 0.6 is 0 Å². The third kappa shape index (κ3) is 7.20. The fraction of sp³-hybridized carbons (Fsp3) is 0.286. The number of fused-ring (bicyclic) bond motifs is 10. The number of aliphatic imine (C=N–C) groups is 2. The SMILES string of the molecule is CN1C(=O)c2c(nn(Cc3ccc(C(=O)Oc4cccc(Nc5c6c(nn5Cc5ccc(S(N)(=O)=O)cc5)N5C(=N[C@@H]7CCC[C@@H]75)N(C)C6=O)c4)cc3)c2Nc2ccccc2)N2C1=N[C@@H]1CCC[C@@H]12. The molecule has 19 nitrogen and oxygen atoms in total. The van der Waals surface area contributed by atoms with Crippen LogP contribution in [0, 0.1) is 0 Å². The summed E-state index contributed by atoms with van der Waals surface area (Å²) in [5.74, 6) is 2.52. The number of carbonyl (C=O) groups excluding carboxylic acids is 3. The monoisotopic (exact) mass is 945 g/mol. The lowest BCUT2D eigenvalue weighted by Crippen LogP contribution is -2.51. The van der Waals surface area contributed by atoms with E-state index in [2.05, 4.69) is 20.4 Å². The fourth-order valence-electron chi connectivity index (χ4n) is 10.6. The van der Waals surface area contributed by atoms with Crippen LogP contribution in [0.2, 0.25) is 0 Å². The standard InChI is InChI=1S/C49H47N13O6S/c1-57-45(63)39-41(51-31-9-4-3-5-10-31)59(55-43(39)61-37-15-7-13-35(37)53-48(57)61)26-28-17-21-30(22-18-28)47(65)68-33-12-6-11-32(25-33)52-42-40-44(56-60(42)27-29-19-23-34(24-20-29)69(50,66)67)62-38-16-8-14-36(38)54-49(62)58(2)46(40)64/h3-6,9-12,17-25,35-38,51-52H,7-8,13-16,26-27H2,1-2H3,(H2,50,66,67)/t35-,36-,37+,38+/m1/s1. The lowest BCUT2D eigenvalue weighted by Gasteiger charge is -2.34. The van der Waals surface area contributed by atoms with Gasteiger partial charge < -0.3 is 15.4 Å². The maximum atomic E-state index is 14.2. The van der Waals surface area contributed by atoms with Crippen LogP contribution in [0.15, 0.2) is 118 Å². The topological polar surface area (TPSA) is 218 Å². The smallest absolute Gasteiger partial charge is 0.343 e. The summed E-state index contributed by atoms with van der Waals surface area (Å²) in [6, 6.07) is 30.3. The molecule has 2 fully saturated rings. The van der Waals surface area contributed by atoms with Crippen molar-refractivity contribution in [1.29, 1.82) is 0 Å². The number of primary sulfonamides is 1. The van der Waals surface area contributed by atoms with Crippen LogP contribution < -0.4 is 30.3 Å². The molecule has 4 aliphatic heterocycles. The van der Waals surface area contributed by atoms with Crippen LogP contribution in [0.25, 0.3) is 0 Å². The van der Waals surface area contributed by atoms with Gasteiger partial charge in [0.05, 0.1) is 47.7 Å². The van der Waals surface area contributed by atoms with Gasteiger partial charge in [0.15, 0.2) is 11.6 Å². The molecule has 0 saturated heterocycles. The maximum Gasteiger partial charge on any atom is 0.343 e. The van der Waals surface area contributed by atoms with Crippen molar-refractivity contribution in [3.05, 3.63) is 131 Å². The molecule has 4 atom stereocenters. The van der Waals surface area contributed by atoms with Gasteiger partial charge in [-0.2, -0.15) is 10.2 Å². The highest BCUT2D eigenvalue weighted by Gasteiger charge is 2.51. The van der Waals surface area contributed by atoms with Crippen molar-refractivity contribution in [3.63, 3.8) is 0 Å². The number of benzene rings is 4. The highest BCUT2D eigenvalue weighted by Crippen LogP contribution is 2.45. The second kappa shape index (κ2) is 16.2. The Kier molecular flexibility index (Phi) is 9.95. The zero-order chi connectivity index (χ0) is 47.3. The minimum atomic E-state index is -3.90. The minimum Gasteiger partial charge on any atom is -0.423 e. The predicted molar refractivity (Wildman–Crippen MR) is 258 cm³/mol. The lowest BCUT2D eigenvalue weighted by molar-refractivity contribution is 0.0733. The molecular weight excluding hydrogens is 899 g/mol. The second-order valence-corrected chi connectivity index (χ2v) is 19.8. The summed E-state index contributed by atoms with van der Waals surface area (Å²) in [5.41, 5.74) is 4.09. The molecule has 4 aromatic carbocycles. The lowest BCUT2D eigenvalue weighted by atomic mass is 10.1. The number of amides is 2. The van der Waals surface area contributed by atoms with Crippen molar-refractivity contribution in [2.75, 3.05) is 34.5 Å². The molecule has 0 radical (unpaired) electrons. The molecule has 6 aliphatic rings. The predicted octanol–water partition coefficient (Wildman–Crippen LogP) is 5.90. The Morgan fingerprint density at radius 2 is 1.17 bits per heavy atom. The minimum absolute atomic E-state index is 0.0167. The van der Waals surface area contributed by atoms with Crippen LogP contribution in [-0.4, -0.2) is 106 Å². The summed E-state index contributed by atoms with van der Waals surface area (Å²) in [5, 5.41) is 22.3. The molecule has 6 aromatic rings. The number of nitrogens with zero attached hydrogens (tertiary/aromatic N) is 10. The highest BCUT2D eigenvalue weighted by atomic mass is 32.2. The summed E-state index contributed by atoms with van der Waals surface area (Å²) >= 11 is 0. The number of sulfonamides is 1. The van der Waals surface area contributed by atoms with E-state index in [0.717, 1.165) is 55.3 Å². The van der Waals surface area contributed by atoms with E-state index < -0.39 is 16.0 Å². The van der Waals surface area contributed by atoms with E-state index in [-0.39, 0.29) is 53.2 Å². The van der Waals surface area contributed by atoms with Crippen molar-refractivity contribution in [2.24, 2.45) is 15.1 Å². The number of esters is 1. The molecule has 4 N–H and O–H groups in total. The van der Waals surface area contributed by atoms with E-state index >= 15 is 0 Å². The number of para-hydroxylation sites is 1. The molecule has 0 spiro atoms. The second-order valence-electron chi connectivity index (χ2n) is 18.3. The van der Waals surface area contributed by atoms with Gasteiger partial charge in [-0.05, 0) is 98.2 Å². The summed E-state index contributed by atoms with van der Waals surface area (Å²) in [7, 11) is -0.419. The first-order valence-corrected chi connectivity index (χ1v) is 24.6. The number of hydrogen-bond donors (Lipinski definition) is 3. The van der Waals surface area contributed by atoms with Gasteiger partial charge in [-0.1, -0.05) is 48.5 Å². The Morgan fingerprint density at radius 1 is 0.667 bits per heavy atom. The summed E-state index contributed by atoms with van der Waals surface area (Å²) in [6.45, 7) is 0.498. The summed E-state index contributed by atoms with van der Waals surface area (Å²) in [6.07, 6.45) is 5.88. The molecule has 2 aromatic heterocycles. The number of aromatic nitrogens is 4. The third-order valence-electron chi connectivity index (χ3n) is 14.0. The van der Waals surface area contributed by atoms with Crippen LogP contribution in [-0.2, 0) is 23.1 Å². The van der Waals surface area contributed by atoms with Crippen LogP contribution in [0.4, 0.5) is 34.6 Å². The van der Waals surface area contributed by atoms with E-state index in [9.17, 15) is 22.8 Å². The zero-order valence-corrected chi connectivity index (χ0v) is 38.5. The van der Waals surface area contributed by atoms with Crippen molar-refractivity contribution in [1.82, 2.24) is 29.4 Å². The molecule has 2 amide bonds. The highest BCUT2D eigenvalue weighted by molar-refractivity contribution is 7.89. The number of anilines is 6. The number of carbonyl (C=O) groups is 3. The fourth-order valence-corrected chi connectivity index (χ4v) is 11.1. The Balaban J connectivity index is 0.805. The third-order valence-corrected chi connectivity index (χ3v) is 14.9. The molecule has 2 saturated carbocycles. The number of guanidine groups is 2. The van der Waals surface area contributed by atoms with Crippen LogP contribution in [0.1, 0.15) is 80.7 Å². The Morgan fingerprint density at radius 3 is 1.71 bits per heavy atom. The summed E-state index contributed by atoms with van der Waals surface area (Å²) < 4.78 is 33.4. The van der Waals surface area contributed by atoms with Crippen molar-refractivity contribution in [2.45, 2.75) is 80.7 Å². The molecule has 69 heavy (non-hydrogen) atoms. The van der Waals surface area contributed by atoms with Crippen molar-refractivity contribution < 1.29 is 27.5 Å². The van der Waals surface area contributed by atoms with E-state index in [1.165, 1.54) is 12.1 Å². The van der Waals surface area contributed by atoms with Gasteiger partial charge in [-0.3, -0.25) is 29.2 Å². The number of nitrogens with two attached hydrogens (primary N) is 1. The quantitative estimate of drug-likeness (QED) is 0.102.